The molecular weight excluding hydrogens is 208 g/mol. The summed E-state index contributed by atoms with van der Waals surface area (Å²) < 4.78 is 6.85. The molecule has 84 valence electrons. The van der Waals surface area contributed by atoms with E-state index >= 15 is 0 Å². The summed E-state index contributed by atoms with van der Waals surface area (Å²) >= 11 is 0. The SMILES string of the molecule is CNCc1nnc(-c2ccn(C)c(=O)c2)o1. The van der Waals surface area contributed by atoms with Crippen LogP contribution in [0.4, 0.5) is 0 Å². The van der Waals surface area contributed by atoms with E-state index in [9.17, 15) is 4.79 Å². The van der Waals surface area contributed by atoms with E-state index in [1.807, 2.05) is 0 Å². The summed E-state index contributed by atoms with van der Waals surface area (Å²) in [6.45, 7) is 0.512. The molecule has 0 fully saturated rings. The third-order valence-corrected chi connectivity index (χ3v) is 2.15. The van der Waals surface area contributed by atoms with Gasteiger partial charge in [-0.25, -0.2) is 0 Å². The third kappa shape index (κ3) is 2.01. The molecule has 0 bridgehead atoms. The molecule has 0 aliphatic rings. The Hall–Kier alpha value is -1.95. The molecular formula is C10H12N4O2. The highest BCUT2D eigenvalue weighted by Gasteiger charge is 2.08. The van der Waals surface area contributed by atoms with E-state index < -0.39 is 0 Å². The monoisotopic (exact) mass is 220 g/mol. The van der Waals surface area contributed by atoms with Crippen LogP contribution in [0.5, 0.6) is 0 Å². The number of rotatable bonds is 3. The molecule has 1 N–H and O–H groups in total. The van der Waals surface area contributed by atoms with E-state index in [-0.39, 0.29) is 5.56 Å². The van der Waals surface area contributed by atoms with Crippen molar-refractivity contribution in [1.82, 2.24) is 20.1 Å². The molecule has 0 aromatic carbocycles. The van der Waals surface area contributed by atoms with Gasteiger partial charge in [0, 0.05) is 24.9 Å². The molecule has 6 heteroatoms. The van der Waals surface area contributed by atoms with Crippen LogP contribution in [-0.4, -0.2) is 21.8 Å². The Morgan fingerprint density at radius 3 is 3.00 bits per heavy atom. The Kier molecular flexibility index (Phi) is 2.82. The highest BCUT2D eigenvalue weighted by Crippen LogP contribution is 2.14. The Morgan fingerprint density at radius 2 is 2.31 bits per heavy atom. The third-order valence-electron chi connectivity index (χ3n) is 2.15. The summed E-state index contributed by atoms with van der Waals surface area (Å²) in [4.78, 5) is 11.4. The first-order valence-electron chi connectivity index (χ1n) is 4.85. The van der Waals surface area contributed by atoms with Crippen molar-refractivity contribution in [2.45, 2.75) is 6.54 Å². The molecule has 0 saturated heterocycles. The van der Waals surface area contributed by atoms with Crippen LogP contribution >= 0.6 is 0 Å². The zero-order valence-electron chi connectivity index (χ0n) is 9.10. The number of nitrogens with zero attached hydrogens (tertiary/aromatic N) is 3. The van der Waals surface area contributed by atoms with Gasteiger partial charge in [0.2, 0.25) is 11.8 Å². The van der Waals surface area contributed by atoms with Crippen LogP contribution in [0.15, 0.2) is 27.5 Å². The van der Waals surface area contributed by atoms with Crippen molar-refractivity contribution in [2.75, 3.05) is 7.05 Å². The van der Waals surface area contributed by atoms with Crippen molar-refractivity contribution in [2.24, 2.45) is 7.05 Å². The van der Waals surface area contributed by atoms with Gasteiger partial charge in [-0.15, -0.1) is 10.2 Å². The fourth-order valence-electron chi connectivity index (χ4n) is 1.27. The number of pyridine rings is 1. The maximum atomic E-state index is 11.4. The molecule has 0 spiro atoms. The number of aryl methyl sites for hydroxylation is 1. The first-order chi connectivity index (χ1) is 7.70. The number of hydrogen-bond acceptors (Lipinski definition) is 5. The van der Waals surface area contributed by atoms with E-state index in [2.05, 4.69) is 15.5 Å². The van der Waals surface area contributed by atoms with Gasteiger partial charge in [-0.05, 0) is 13.1 Å². The molecule has 2 aromatic heterocycles. The average molecular weight is 220 g/mol. The van der Waals surface area contributed by atoms with Crippen LogP contribution in [0, 0.1) is 0 Å². The van der Waals surface area contributed by atoms with Gasteiger partial charge in [0.25, 0.3) is 5.56 Å². The second kappa shape index (κ2) is 4.28. The lowest BCUT2D eigenvalue weighted by Crippen LogP contribution is -2.14. The fraction of sp³-hybridized carbons (Fsp3) is 0.300. The quantitative estimate of drug-likeness (QED) is 0.797. The summed E-state index contributed by atoms with van der Waals surface area (Å²) in [5, 5.41) is 10.6. The van der Waals surface area contributed by atoms with Crippen molar-refractivity contribution >= 4 is 0 Å². The molecule has 2 heterocycles. The van der Waals surface area contributed by atoms with E-state index in [1.54, 1.807) is 26.4 Å². The smallest absolute Gasteiger partial charge is 0.251 e. The maximum absolute atomic E-state index is 11.4. The summed E-state index contributed by atoms with van der Waals surface area (Å²) in [5.41, 5.74) is 0.531. The van der Waals surface area contributed by atoms with Gasteiger partial charge < -0.3 is 14.3 Å². The lowest BCUT2D eigenvalue weighted by Gasteiger charge is -1.97. The van der Waals surface area contributed by atoms with Crippen LogP contribution in [0.25, 0.3) is 11.5 Å². The molecule has 2 aromatic rings. The number of nitrogens with one attached hydrogen (secondary N) is 1. The van der Waals surface area contributed by atoms with Crippen molar-refractivity contribution in [3.05, 3.63) is 34.6 Å². The standard InChI is InChI=1S/C10H12N4O2/c1-11-6-8-12-13-10(16-8)7-3-4-14(2)9(15)5-7/h3-5,11H,6H2,1-2H3. The lowest BCUT2D eigenvalue weighted by molar-refractivity contribution is 0.490. The van der Waals surface area contributed by atoms with Crippen molar-refractivity contribution in [1.29, 1.82) is 0 Å². The van der Waals surface area contributed by atoms with E-state index in [0.29, 0.717) is 23.9 Å². The summed E-state index contributed by atoms with van der Waals surface area (Å²) in [6, 6.07) is 3.23. The van der Waals surface area contributed by atoms with Crippen LogP contribution in [0.1, 0.15) is 5.89 Å². The zero-order valence-corrected chi connectivity index (χ0v) is 9.10. The normalized spacial score (nSPS) is 10.6. The van der Waals surface area contributed by atoms with E-state index in [0.717, 1.165) is 0 Å². The van der Waals surface area contributed by atoms with Gasteiger partial charge >= 0.3 is 0 Å². The minimum Gasteiger partial charge on any atom is -0.419 e. The minimum absolute atomic E-state index is 0.106. The Balaban J connectivity index is 2.35. The number of hydrogen-bond donors (Lipinski definition) is 1. The van der Waals surface area contributed by atoms with Crippen molar-refractivity contribution < 1.29 is 4.42 Å². The lowest BCUT2D eigenvalue weighted by atomic mass is 10.3. The molecule has 0 aliphatic heterocycles. The molecule has 6 nitrogen and oxygen atoms in total. The van der Waals surface area contributed by atoms with Gasteiger partial charge in [-0.1, -0.05) is 0 Å². The van der Waals surface area contributed by atoms with Gasteiger partial charge in [0.05, 0.1) is 6.54 Å². The first kappa shape index (κ1) is 10.6. The molecule has 0 unspecified atom stereocenters. The predicted octanol–water partition coefficient (Wildman–Crippen LogP) is 0.155. The molecule has 16 heavy (non-hydrogen) atoms. The maximum Gasteiger partial charge on any atom is 0.251 e. The van der Waals surface area contributed by atoms with E-state index in [1.165, 1.54) is 10.6 Å². The van der Waals surface area contributed by atoms with Crippen LogP contribution in [0.3, 0.4) is 0 Å². The fourth-order valence-corrected chi connectivity index (χ4v) is 1.27. The largest absolute Gasteiger partial charge is 0.419 e. The van der Waals surface area contributed by atoms with Crippen LogP contribution < -0.4 is 10.9 Å². The van der Waals surface area contributed by atoms with Crippen molar-refractivity contribution in [3.63, 3.8) is 0 Å². The molecule has 0 saturated carbocycles. The Bertz CT molecular complexity index is 544. The van der Waals surface area contributed by atoms with Gasteiger partial charge in [0.15, 0.2) is 0 Å². The highest BCUT2D eigenvalue weighted by atomic mass is 16.4. The molecule has 0 amide bonds. The minimum atomic E-state index is -0.106. The average Bonchev–Trinajstić information content (AvgIpc) is 2.71. The summed E-state index contributed by atoms with van der Waals surface area (Å²) in [7, 11) is 3.48. The Labute approximate surface area is 91.9 Å². The van der Waals surface area contributed by atoms with Gasteiger partial charge in [-0.2, -0.15) is 0 Å². The molecule has 0 radical (unpaired) electrons. The number of aromatic nitrogens is 3. The molecule has 0 atom stereocenters. The zero-order chi connectivity index (χ0) is 11.5. The second-order valence-electron chi connectivity index (χ2n) is 3.40. The Morgan fingerprint density at radius 1 is 1.50 bits per heavy atom. The molecule has 2 rings (SSSR count). The summed E-state index contributed by atoms with van der Waals surface area (Å²) in [5.74, 6) is 0.862. The predicted molar refractivity (Wildman–Crippen MR) is 57.7 cm³/mol. The topological polar surface area (TPSA) is 73.0 Å². The highest BCUT2D eigenvalue weighted by molar-refractivity contribution is 5.50. The second-order valence-corrected chi connectivity index (χ2v) is 3.40. The van der Waals surface area contributed by atoms with Crippen LogP contribution in [-0.2, 0) is 13.6 Å². The molecule has 0 aliphatic carbocycles. The van der Waals surface area contributed by atoms with Crippen molar-refractivity contribution in [3.8, 4) is 11.5 Å². The summed E-state index contributed by atoms with van der Waals surface area (Å²) in [6.07, 6.45) is 1.67. The van der Waals surface area contributed by atoms with E-state index in [4.69, 9.17) is 4.42 Å². The van der Waals surface area contributed by atoms with Gasteiger partial charge in [0.1, 0.15) is 0 Å². The van der Waals surface area contributed by atoms with Gasteiger partial charge in [-0.3, -0.25) is 4.79 Å². The van der Waals surface area contributed by atoms with Crippen LogP contribution in [0.2, 0.25) is 0 Å². The first-order valence-corrected chi connectivity index (χ1v) is 4.85.